The Morgan fingerprint density at radius 1 is 1.09 bits per heavy atom. The van der Waals surface area contributed by atoms with Gasteiger partial charge in [-0.3, -0.25) is 4.79 Å². The summed E-state index contributed by atoms with van der Waals surface area (Å²) in [6.07, 6.45) is 7.86. The zero-order valence-electron chi connectivity index (χ0n) is 13.7. The van der Waals surface area contributed by atoms with Crippen molar-refractivity contribution in [2.24, 2.45) is 5.41 Å². The van der Waals surface area contributed by atoms with Gasteiger partial charge in [0.05, 0.1) is 6.54 Å². The number of amides is 3. The van der Waals surface area contributed by atoms with E-state index in [1.807, 2.05) is 0 Å². The van der Waals surface area contributed by atoms with Crippen LogP contribution < -0.4 is 21.3 Å². The van der Waals surface area contributed by atoms with Gasteiger partial charge in [0, 0.05) is 12.6 Å². The van der Waals surface area contributed by atoms with Gasteiger partial charge in [-0.1, -0.05) is 26.2 Å². The third-order valence-electron chi connectivity index (χ3n) is 4.87. The molecule has 22 heavy (non-hydrogen) atoms. The highest BCUT2D eigenvalue weighted by Crippen LogP contribution is 2.26. The summed E-state index contributed by atoms with van der Waals surface area (Å²) in [5, 5.41) is 11.9. The lowest BCUT2D eigenvalue weighted by Gasteiger charge is -2.34. The number of nitrogens with one attached hydrogen (secondary N) is 4. The van der Waals surface area contributed by atoms with Gasteiger partial charge < -0.3 is 21.3 Å². The molecule has 0 atom stereocenters. The third kappa shape index (κ3) is 5.83. The number of carbonyl (C=O) groups is 2. The molecule has 0 aromatic rings. The number of carbonyl (C=O) groups excluding carboxylic acids is 2. The maximum Gasteiger partial charge on any atom is 0.315 e. The van der Waals surface area contributed by atoms with E-state index in [0.717, 1.165) is 38.8 Å². The summed E-state index contributed by atoms with van der Waals surface area (Å²) in [7, 11) is 0. The molecule has 2 rings (SSSR count). The molecule has 6 nitrogen and oxygen atoms in total. The van der Waals surface area contributed by atoms with Crippen LogP contribution in [-0.4, -0.2) is 44.2 Å². The predicted molar refractivity (Wildman–Crippen MR) is 86.6 cm³/mol. The monoisotopic (exact) mass is 310 g/mol. The average molecular weight is 310 g/mol. The van der Waals surface area contributed by atoms with E-state index in [1.165, 1.54) is 19.3 Å². The predicted octanol–water partition coefficient (Wildman–Crippen LogP) is 1.12. The molecular formula is C16H30N4O2. The van der Waals surface area contributed by atoms with Gasteiger partial charge in [0.2, 0.25) is 5.91 Å². The van der Waals surface area contributed by atoms with Crippen LogP contribution in [0.3, 0.4) is 0 Å². The van der Waals surface area contributed by atoms with Gasteiger partial charge in [0.1, 0.15) is 0 Å². The van der Waals surface area contributed by atoms with E-state index in [4.69, 9.17) is 0 Å². The first-order valence-electron chi connectivity index (χ1n) is 8.59. The van der Waals surface area contributed by atoms with E-state index in [0.29, 0.717) is 6.54 Å². The lowest BCUT2D eigenvalue weighted by molar-refractivity contribution is -0.120. The topological polar surface area (TPSA) is 82.3 Å². The Bertz CT molecular complexity index is 374. The van der Waals surface area contributed by atoms with Crippen LogP contribution in [0.4, 0.5) is 4.79 Å². The minimum absolute atomic E-state index is 0.0485. The van der Waals surface area contributed by atoms with Crippen LogP contribution in [0.2, 0.25) is 0 Å². The summed E-state index contributed by atoms with van der Waals surface area (Å²) in [4.78, 5) is 23.6. The average Bonchev–Trinajstić information content (AvgIpc) is 2.53. The molecule has 3 amide bonds. The zero-order valence-corrected chi connectivity index (χ0v) is 13.7. The first-order valence-corrected chi connectivity index (χ1v) is 8.59. The van der Waals surface area contributed by atoms with E-state index >= 15 is 0 Å². The molecule has 1 aliphatic carbocycles. The third-order valence-corrected chi connectivity index (χ3v) is 4.87. The van der Waals surface area contributed by atoms with Gasteiger partial charge in [-0.25, -0.2) is 4.79 Å². The van der Waals surface area contributed by atoms with Crippen molar-refractivity contribution in [1.29, 1.82) is 0 Å². The molecule has 1 saturated heterocycles. The van der Waals surface area contributed by atoms with Crippen LogP contribution >= 0.6 is 0 Å². The Balaban J connectivity index is 1.59. The SMILES string of the molecule is CC1(CNC(=O)CNC(=O)NC2CCCCC2)CCNCC1. The number of urea groups is 1. The number of piperidine rings is 1. The smallest absolute Gasteiger partial charge is 0.315 e. The van der Waals surface area contributed by atoms with Crippen LogP contribution in [0.5, 0.6) is 0 Å². The van der Waals surface area contributed by atoms with Gasteiger partial charge in [-0.15, -0.1) is 0 Å². The van der Waals surface area contributed by atoms with E-state index in [-0.39, 0.29) is 29.9 Å². The summed E-state index contributed by atoms with van der Waals surface area (Å²) in [6, 6.07) is 0.0422. The quantitative estimate of drug-likeness (QED) is 0.614. The van der Waals surface area contributed by atoms with Crippen molar-refractivity contribution < 1.29 is 9.59 Å². The fourth-order valence-corrected chi connectivity index (χ4v) is 3.23. The van der Waals surface area contributed by atoms with E-state index in [2.05, 4.69) is 28.2 Å². The minimum atomic E-state index is -0.227. The Labute approximate surface area is 133 Å². The number of hydrogen-bond donors (Lipinski definition) is 4. The molecule has 0 aromatic carbocycles. The Morgan fingerprint density at radius 2 is 1.77 bits per heavy atom. The second-order valence-electron chi connectivity index (χ2n) is 7.00. The van der Waals surface area contributed by atoms with Crippen molar-refractivity contribution in [2.45, 2.75) is 57.9 Å². The van der Waals surface area contributed by atoms with Crippen molar-refractivity contribution in [2.75, 3.05) is 26.2 Å². The second-order valence-corrected chi connectivity index (χ2v) is 7.00. The van der Waals surface area contributed by atoms with Crippen LogP contribution in [0.1, 0.15) is 51.9 Å². The Morgan fingerprint density at radius 3 is 2.45 bits per heavy atom. The highest BCUT2D eigenvalue weighted by Gasteiger charge is 2.27. The van der Waals surface area contributed by atoms with Crippen molar-refractivity contribution in [3.63, 3.8) is 0 Å². The zero-order chi connectivity index (χ0) is 15.8. The lowest BCUT2D eigenvalue weighted by atomic mass is 9.81. The molecule has 0 radical (unpaired) electrons. The van der Waals surface area contributed by atoms with Crippen LogP contribution in [-0.2, 0) is 4.79 Å². The minimum Gasteiger partial charge on any atom is -0.354 e. The number of hydrogen-bond acceptors (Lipinski definition) is 3. The van der Waals surface area contributed by atoms with E-state index in [1.54, 1.807) is 0 Å². The molecule has 0 aromatic heterocycles. The van der Waals surface area contributed by atoms with Crippen molar-refractivity contribution in [3.8, 4) is 0 Å². The fraction of sp³-hybridized carbons (Fsp3) is 0.875. The summed E-state index contributed by atoms with van der Waals surface area (Å²) in [5.74, 6) is -0.112. The first-order chi connectivity index (χ1) is 10.6. The summed E-state index contributed by atoms with van der Waals surface area (Å²) in [6.45, 7) is 4.95. The molecule has 1 saturated carbocycles. The van der Waals surface area contributed by atoms with Gasteiger partial charge >= 0.3 is 6.03 Å². The molecule has 1 heterocycles. The van der Waals surface area contributed by atoms with Gasteiger partial charge in [0.15, 0.2) is 0 Å². The molecule has 2 fully saturated rings. The number of rotatable bonds is 5. The maximum absolute atomic E-state index is 11.9. The Hall–Kier alpha value is -1.30. The van der Waals surface area contributed by atoms with E-state index in [9.17, 15) is 9.59 Å². The molecule has 0 bridgehead atoms. The van der Waals surface area contributed by atoms with Crippen LogP contribution in [0.15, 0.2) is 0 Å². The van der Waals surface area contributed by atoms with Crippen molar-refractivity contribution in [1.82, 2.24) is 21.3 Å². The fourth-order valence-electron chi connectivity index (χ4n) is 3.23. The second kappa shape index (κ2) is 8.36. The normalized spacial score (nSPS) is 21.9. The highest BCUT2D eigenvalue weighted by molar-refractivity contribution is 5.83. The largest absolute Gasteiger partial charge is 0.354 e. The molecule has 2 aliphatic rings. The Kier molecular flexibility index (Phi) is 6.49. The van der Waals surface area contributed by atoms with Crippen LogP contribution in [0, 0.1) is 5.41 Å². The first kappa shape index (κ1) is 17.1. The van der Waals surface area contributed by atoms with Crippen LogP contribution in [0.25, 0.3) is 0 Å². The molecule has 126 valence electrons. The summed E-state index contributed by atoms with van der Waals surface area (Å²) < 4.78 is 0. The van der Waals surface area contributed by atoms with Gasteiger partial charge in [-0.05, 0) is 44.2 Å². The molecule has 0 unspecified atom stereocenters. The van der Waals surface area contributed by atoms with Gasteiger partial charge in [0.25, 0.3) is 0 Å². The standard InChI is InChI=1S/C16H30N4O2/c1-16(7-9-17-10-8-16)12-19-14(21)11-18-15(22)20-13-5-3-2-4-6-13/h13,17H,2-12H2,1H3,(H,19,21)(H2,18,20,22). The molecule has 4 N–H and O–H groups in total. The molecular weight excluding hydrogens is 280 g/mol. The van der Waals surface area contributed by atoms with Crippen molar-refractivity contribution >= 4 is 11.9 Å². The molecule has 1 aliphatic heterocycles. The lowest BCUT2D eigenvalue weighted by Crippen LogP contribution is -2.48. The molecule has 0 spiro atoms. The highest BCUT2D eigenvalue weighted by atomic mass is 16.2. The van der Waals surface area contributed by atoms with Gasteiger partial charge in [-0.2, -0.15) is 0 Å². The summed E-state index contributed by atoms with van der Waals surface area (Å²) >= 11 is 0. The molecule has 6 heteroatoms. The summed E-state index contributed by atoms with van der Waals surface area (Å²) in [5.41, 5.74) is 0.172. The maximum atomic E-state index is 11.9. The van der Waals surface area contributed by atoms with Crippen molar-refractivity contribution in [3.05, 3.63) is 0 Å². The van der Waals surface area contributed by atoms with E-state index < -0.39 is 0 Å².